The molecule has 182 valence electrons. The van der Waals surface area contributed by atoms with Gasteiger partial charge in [0.15, 0.2) is 18.9 Å². The number of fused-ring (bicyclic) bond motifs is 2. The SMILES string of the molecule is C(=C\c1c2ccccc2cc2ccccc12)/c1cc[n+](Cc2ccc3ccc4cccc5ccc2c3c45)cc1. The Hall–Kier alpha value is -5.01. The minimum absolute atomic E-state index is 0.839. The van der Waals surface area contributed by atoms with Gasteiger partial charge in [0.2, 0.25) is 0 Å². The fourth-order valence-electron chi connectivity index (χ4n) is 6.22. The van der Waals surface area contributed by atoms with E-state index < -0.39 is 0 Å². The van der Waals surface area contributed by atoms with Crippen molar-refractivity contribution < 1.29 is 4.57 Å². The summed E-state index contributed by atoms with van der Waals surface area (Å²) in [7, 11) is 0. The predicted octanol–water partition coefficient (Wildman–Crippen LogP) is 9.40. The van der Waals surface area contributed by atoms with Crippen molar-refractivity contribution >= 4 is 66.0 Å². The molecular formula is C38H26N+. The number of hydrogen-bond acceptors (Lipinski definition) is 0. The number of aromatic nitrogens is 1. The first-order chi connectivity index (χ1) is 19.3. The lowest BCUT2D eigenvalue weighted by molar-refractivity contribution is -0.688. The summed E-state index contributed by atoms with van der Waals surface area (Å²) in [6, 6.07) is 44.2. The molecular weight excluding hydrogens is 470 g/mol. The summed E-state index contributed by atoms with van der Waals surface area (Å²) in [6.07, 6.45) is 8.89. The molecule has 0 radical (unpaired) electrons. The van der Waals surface area contributed by atoms with E-state index in [1.807, 2.05) is 0 Å². The minimum Gasteiger partial charge on any atom is -0.201 e. The molecule has 0 saturated carbocycles. The summed E-state index contributed by atoms with van der Waals surface area (Å²) in [6.45, 7) is 0.839. The van der Waals surface area contributed by atoms with Gasteiger partial charge in [0.25, 0.3) is 0 Å². The number of rotatable bonds is 4. The van der Waals surface area contributed by atoms with Crippen LogP contribution in [0.5, 0.6) is 0 Å². The Morgan fingerprint density at radius 2 is 1.05 bits per heavy atom. The van der Waals surface area contributed by atoms with Gasteiger partial charge in [-0.3, -0.25) is 0 Å². The van der Waals surface area contributed by atoms with Gasteiger partial charge in [-0.2, -0.15) is 0 Å². The Bertz CT molecular complexity index is 2120. The van der Waals surface area contributed by atoms with E-state index in [1.54, 1.807) is 0 Å². The molecule has 1 aromatic heterocycles. The van der Waals surface area contributed by atoms with Crippen molar-refractivity contribution in [2.75, 3.05) is 0 Å². The molecule has 7 aromatic carbocycles. The summed E-state index contributed by atoms with van der Waals surface area (Å²) >= 11 is 0. The van der Waals surface area contributed by atoms with Crippen LogP contribution in [0.15, 0.2) is 134 Å². The van der Waals surface area contributed by atoms with Gasteiger partial charge in [0.1, 0.15) is 0 Å². The Morgan fingerprint density at radius 1 is 0.462 bits per heavy atom. The Balaban J connectivity index is 1.14. The molecule has 39 heavy (non-hydrogen) atoms. The molecule has 1 nitrogen and oxygen atoms in total. The quantitative estimate of drug-likeness (QED) is 0.130. The maximum Gasteiger partial charge on any atom is 0.174 e. The molecule has 0 amide bonds. The lowest BCUT2D eigenvalue weighted by Crippen LogP contribution is -2.33. The highest BCUT2D eigenvalue weighted by molar-refractivity contribution is 6.23. The first kappa shape index (κ1) is 22.0. The molecule has 0 N–H and O–H groups in total. The lowest BCUT2D eigenvalue weighted by Gasteiger charge is -2.12. The molecule has 0 atom stereocenters. The molecule has 0 aliphatic carbocycles. The average Bonchev–Trinajstić information content (AvgIpc) is 2.99. The summed E-state index contributed by atoms with van der Waals surface area (Å²) in [5, 5.41) is 13.1. The van der Waals surface area contributed by atoms with Crippen molar-refractivity contribution in [2.24, 2.45) is 0 Å². The van der Waals surface area contributed by atoms with Gasteiger partial charge in [-0.1, -0.05) is 115 Å². The van der Waals surface area contributed by atoms with Crippen molar-refractivity contribution in [1.29, 1.82) is 0 Å². The van der Waals surface area contributed by atoms with Crippen molar-refractivity contribution in [3.63, 3.8) is 0 Å². The van der Waals surface area contributed by atoms with Crippen LogP contribution in [0, 0.1) is 0 Å². The second kappa shape index (κ2) is 8.79. The third kappa shape index (κ3) is 3.66. The smallest absolute Gasteiger partial charge is 0.174 e. The van der Waals surface area contributed by atoms with Crippen LogP contribution in [0.1, 0.15) is 16.7 Å². The van der Waals surface area contributed by atoms with E-state index >= 15 is 0 Å². The van der Waals surface area contributed by atoms with Crippen LogP contribution in [0.4, 0.5) is 0 Å². The highest BCUT2D eigenvalue weighted by atomic mass is 14.9. The van der Waals surface area contributed by atoms with Crippen LogP contribution in [-0.2, 0) is 6.54 Å². The number of pyridine rings is 1. The zero-order valence-electron chi connectivity index (χ0n) is 21.5. The minimum atomic E-state index is 0.839. The summed E-state index contributed by atoms with van der Waals surface area (Å²) in [5.74, 6) is 0. The molecule has 0 fully saturated rings. The molecule has 0 saturated heterocycles. The molecule has 1 heteroatoms. The standard InChI is InChI=1S/C38H26N/c1-3-10-33-30(6-1)24-31-7-2-4-11-34(31)36(33)18-12-26-20-22-39(23-21-26)25-32-16-15-29-14-13-27-8-5-9-28-17-19-35(32)38(29)37(27)28/h1-24H,25H2/q+1/b18-12+. The predicted molar refractivity (Wildman–Crippen MR) is 166 cm³/mol. The number of nitrogens with zero attached hydrogens (tertiary/aromatic N) is 1. The van der Waals surface area contributed by atoms with Crippen molar-refractivity contribution in [3.8, 4) is 0 Å². The molecule has 0 spiro atoms. The van der Waals surface area contributed by atoms with Gasteiger partial charge < -0.3 is 0 Å². The summed E-state index contributed by atoms with van der Waals surface area (Å²) in [4.78, 5) is 0. The topological polar surface area (TPSA) is 3.88 Å². The zero-order chi connectivity index (χ0) is 25.8. The van der Waals surface area contributed by atoms with Gasteiger partial charge in [-0.05, 0) is 71.1 Å². The van der Waals surface area contributed by atoms with E-state index in [9.17, 15) is 0 Å². The molecule has 0 aliphatic heterocycles. The molecule has 0 aliphatic rings. The normalized spacial score (nSPS) is 12.1. The van der Waals surface area contributed by atoms with E-state index in [2.05, 4.69) is 150 Å². The Labute approximate surface area is 227 Å². The molecule has 8 rings (SSSR count). The van der Waals surface area contributed by atoms with Gasteiger partial charge >= 0.3 is 0 Å². The van der Waals surface area contributed by atoms with Crippen LogP contribution in [-0.4, -0.2) is 0 Å². The number of hydrogen-bond donors (Lipinski definition) is 0. The molecule has 8 aromatic rings. The maximum atomic E-state index is 2.30. The first-order valence-electron chi connectivity index (χ1n) is 13.5. The van der Waals surface area contributed by atoms with Crippen LogP contribution in [0.3, 0.4) is 0 Å². The first-order valence-corrected chi connectivity index (χ1v) is 13.5. The van der Waals surface area contributed by atoms with Crippen LogP contribution >= 0.6 is 0 Å². The second-order valence-corrected chi connectivity index (χ2v) is 10.5. The monoisotopic (exact) mass is 496 g/mol. The second-order valence-electron chi connectivity index (χ2n) is 10.5. The van der Waals surface area contributed by atoms with E-state index in [-0.39, 0.29) is 0 Å². The van der Waals surface area contributed by atoms with Crippen molar-refractivity contribution in [1.82, 2.24) is 0 Å². The molecule has 0 unspecified atom stereocenters. The van der Waals surface area contributed by atoms with E-state index in [4.69, 9.17) is 0 Å². The van der Waals surface area contributed by atoms with E-state index in [0.717, 1.165) is 6.54 Å². The van der Waals surface area contributed by atoms with Crippen LogP contribution in [0.25, 0.3) is 66.0 Å². The largest absolute Gasteiger partial charge is 0.201 e. The maximum absolute atomic E-state index is 2.30. The van der Waals surface area contributed by atoms with E-state index in [0.29, 0.717) is 0 Å². The van der Waals surface area contributed by atoms with Gasteiger partial charge in [-0.25, -0.2) is 4.57 Å². The highest BCUT2D eigenvalue weighted by Gasteiger charge is 2.13. The van der Waals surface area contributed by atoms with Crippen molar-refractivity contribution in [2.45, 2.75) is 6.54 Å². The van der Waals surface area contributed by atoms with Gasteiger partial charge in [-0.15, -0.1) is 0 Å². The Kier molecular flexibility index (Phi) is 4.96. The highest BCUT2D eigenvalue weighted by Crippen LogP contribution is 2.36. The average molecular weight is 497 g/mol. The van der Waals surface area contributed by atoms with Crippen molar-refractivity contribution in [3.05, 3.63) is 150 Å². The third-order valence-electron chi connectivity index (χ3n) is 8.14. The fourth-order valence-corrected chi connectivity index (χ4v) is 6.22. The zero-order valence-corrected chi connectivity index (χ0v) is 21.5. The lowest BCUT2D eigenvalue weighted by atomic mass is 9.92. The summed E-state index contributed by atoms with van der Waals surface area (Å²) < 4.78 is 2.27. The fraction of sp³-hybridized carbons (Fsp3) is 0.0263. The van der Waals surface area contributed by atoms with Crippen LogP contribution < -0.4 is 4.57 Å². The molecule has 0 bridgehead atoms. The van der Waals surface area contributed by atoms with E-state index in [1.165, 1.54) is 70.6 Å². The van der Waals surface area contributed by atoms with Gasteiger partial charge in [0.05, 0.1) is 0 Å². The summed E-state index contributed by atoms with van der Waals surface area (Å²) in [5.41, 5.74) is 3.81. The number of benzene rings is 7. The third-order valence-corrected chi connectivity index (χ3v) is 8.14. The Morgan fingerprint density at radius 3 is 1.77 bits per heavy atom. The van der Waals surface area contributed by atoms with Crippen LogP contribution in [0.2, 0.25) is 0 Å². The molecule has 1 heterocycles. The van der Waals surface area contributed by atoms with Gasteiger partial charge in [0, 0.05) is 17.7 Å².